The fourth-order valence-corrected chi connectivity index (χ4v) is 8.48. The molecule has 0 aliphatic rings. The fourth-order valence-electron chi connectivity index (χ4n) is 5.80. The molecule has 4 heterocycles. The Morgan fingerprint density at radius 3 is 1.46 bits per heavy atom. The Balaban J connectivity index is 0.000000306. The molecule has 2 atom stereocenters. The van der Waals surface area contributed by atoms with Crippen LogP contribution in [-0.2, 0) is 32.7 Å². The van der Waals surface area contributed by atoms with Gasteiger partial charge in [0, 0.05) is 58.0 Å². The van der Waals surface area contributed by atoms with Crippen molar-refractivity contribution in [3.05, 3.63) is 137 Å². The standard InChI is InChI=1S/C22H20ClF3NO4PS.C19H16ClNO3.C3H5ClF3OPS.CH4/c1-12-9-15(16(23)10-13(12)2)18-20(31-32(4,33)29-11-22(24,25)26)14(3)19(30-21(18)28)17-7-5-6-8-27-17;1-10-8-13(14(20)9-11(10)2)16-17(22)12(3)18(24-19(16)23)15-6-4-5-7-21-15;1-9(4,10)8-2-3(5,6)7;/h5-10H,11H2,1-4H3;4-9,22H,1-3H3;2H2,1H3;1H4. The van der Waals surface area contributed by atoms with E-state index in [-0.39, 0.29) is 46.6 Å². The minimum atomic E-state index is -4.59. The van der Waals surface area contributed by atoms with Crippen molar-refractivity contribution in [3.63, 3.8) is 0 Å². The second-order valence-corrected chi connectivity index (χ2v) is 25.9. The van der Waals surface area contributed by atoms with Gasteiger partial charge in [0.1, 0.15) is 46.2 Å². The molecule has 23 heteroatoms. The topological polar surface area (TPSA) is 134 Å². The average Bonchev–Trinajstić information content (AvgIpc) is 3.23. The predicted molar refractivity (Wildman–Crippen MR) is 265 cm³/mol. The number of aromatic nitrogens is 2. The molecule has 4 aromatic heterocycles. The number of nitrogens with zero attached hydrogens (tertiary/aromatic N) is 2. The lowest BCUT2D eigenvalue weighted by Crippen LogP contribution is -2.17. The average molecular weight is 1090 g/mol. The number of hydrogen-bond acceptors (Lipinski definition) is 12. The van der Waals surface area contributed by atoms with Crippen molar-refractivity contribution in [2.45, 2.75) is 61.3 Å². The van der Waals surface area contributed by atoms with Crippen molar-refractivity contribution in [1.82, 2.24) is 9.97 Å². The molecule has 368 valence electrons. The number of hydrogen-bond donors (Lipinski definition) is 1. The Kier molecular flexibility index (Phi) is 20.3. The number of pyridine rings is 2. The predicted octanol–water partition coefficient (Wildman–Crippen LogP) is 14.9. The van der Waals surface area contributed by atoms with Crippen LogP contribution in [0.15, 0.2) is 91.5 Å². The van der Waals surface area contributed by atoms with Gasteiger partial charge in [-0.2, -0.15) is 26.3 Å². The third-order valence-electron chi connectivity index (χ3n) is 9.32. The van der Waals surface area contributed by atoms with Gasteiger partial charge in [-0.15, -0.1) is 0 Å². The lowest BCUT2D eigenvalue weighted by Gasteiger charge is -2.23. The molecule has 0 bridgehead atoms. The molecule has 6 aromatic rings. The molecule has 0 spiro atoms. The largest absolute Gasteiger partial charge is 0.507 e. The number of halogens is 9. The lowest BCUT2D eigenvalue weighted by atomic mass is 9.99. The summed E-state index contributed by atoms with van der Waals surface area (Å²) in [6, 6.07) is 17.2. The SMILES string of the molecule is C.CP(=S)(Cl)OCC(F)(F)F.Cc1cc(Cl)c(-c2c(O)c(C)c(-c3ccccn3)oc2=O)cc1C.Cc1cc(Cl)c(-c2c(OP(C)(=S)OCC(F)(F)F)c(C)c(-c3ccccn3)oc2=O)cc1C. The van der Waals surface area contributed by atoms with Crippen LogP contribution in [0.3, 0.4) is 0 Å². The summed E-state index contributed by atoms with van der Waals surface area (Å²) in [6.07, 6.45) is -5.82. The first-order chi connectivity index (χ1) is 30.9. The summed E-state index contributed by atoms with van der Waals surface area (Å²) in [5, 5.41) is 11.3. The third kappa shape index (κ3) is 16.2. The minimum absolute atomic E-state index is 0. The Labute approximate surface area is 413 Å². The quantitative estimate of drug-likeness (QED) is 0.103. The molecule has 2 aromatic carbocycles. The highest BCUT2D eigenvalue weighted by atomic mass is 35.7. The van der Waals surface area contributed by atoms with Gasteiger partial charge in [-0.25, -0.2) is 9.59 Å². The Hall–Kier alpha value is -4.09. The summed E-state index contributed by atoms with van der Waals surface area (Å²) < 4.78 is 98.2. The van der Waals surface area contributed by atoms with Crippen LogP contribution in [0, 0.1) is 41.5 Å². The molecule has 0 aliphatic carbocycles. The number of aryl methyl sites for hydroxylation is 4. The monoisotopic (exact) mass is 1090 g/mol. The van der Waals surface area contributed by atoms with Crippen LogP contribution in [0.1, 0.15) is 40.8 Å². The van der Waals surface area contributed by atoms with E-state index in [2.05, 4.69) is 26.3 Å². The highest BCUT2D eigenvalue weighted by molar-refractivity contribution is 8.24. The maximum atomic E-state index is 13.2. The summed E-state index contributed by atoms with van der Waals surface area (Å²) >= 11 is 27.6. The van der Waals surface area contributed by atoms with E-state index in [4.69, 9.17) is 64.1 Å². The Bertz CT molecular complexity index is 2970. The zero-order valence-corrected chi connectivity index (χ0v) is 42.3. The Morgan fingerprint density at radius 2 is 1.06 bits per heavy atom. The minimum Gasteiger partial charge on any atom is -0.507 e. The molecule has 1 N–H and O–H groups in total. The summed E-state index contributed by atoms with van der Waals surface area (Å²) in [5.41, 5.74) is 1.98. The second-order valence-electron chi connectivity index (χ2n) is 14.8. The number of alkyl halides is 6. The number of benzene rings is 2. The molecule has 0 aliphatic heterocycles. The molecule has 2 unspecified atom stereocenters. The summed E-state index contributed by atoms with van der Waals surface area (Å²) in [5.74, 6) is 0.161. The van der Waals surface area contributed by atoms with Gasteiger partial charge in [0.25, 0.3) is 0 Å². The molecule has 0 radical (unpaired) electrons. The van der Waals surface area contributed by atoms with Gasteiger partial charge in [0.2, 0.25) is 6.49 Å². The zero-order valence-electron chi connectivity index (χ0n) is 36.7. The lowest BCUT2D eigenvalue weighted by molar-refractivity contribution is -0.153. The first kappa shape index (κ1) is 58.2. The molecule has 0 amide bonds. The van der Waals surface area contributed by atoms with Crippen molar-refractivity contribution in [2.75, 3.05) is 26.5 Å². The van der Waals surface area contributed by atoms with Crippen molar-refractivity contribution in [3.8, 4) is 56.7 Å². The van der Waals surface area contributed by atoms with Gasteiger partial charge in [-0.1, -0.05) is 65.8 Å². The second kappa shape index (κ2) is 23.7. The van der Waals surface area contributed by atoms with E-state index in [0.717, 1.165) is 22.3 Å². The number of aromatic hydroxyl groups is 1. The van der Waals surface area contributed by atoms with E-state index in [9.17, 15) is 41.0 Å². The molecule has 68 heavy (non-hydrogen) atoms. The van der Waals surface area contributed by atoms with Gasteiger partial charge >= 0.3 is 23.6 Å². The normalized spacial score (nSPS) is 13.1. The smallest absolute Gasteiger partial charge is 0.412 e. The van der Waals surface area contributed by atoms with Crippen LogP contribution in [0.5, 0.6) is 11.5 Å². The fraction of sp³-hybridized carbons (Fsp3) is 0.289. The van der Waals surface area contributed by atoms with Gasteiger partial charge in [-0.3, -0.25) is 9.97 Å². The van der Waals surface area contributed by atoms with Gasteiger partial charge < -0.3 is 27.5 Å². The maximum absolute atomic E-state index is 13.2. The molecule has 0 saturated heterocycles. The first-order valence-corrected chi connectivity index (χ1v) is 27.2. The molecule has 0 saturated carbocycles. The van der Waals surface area contributed by atoms with Gasteiger partial charge in [0.15, 0.2) is 18.1 Å². The van der Waals surface area contributed by atoms with Gasteiger partial charge in [-0.05, 0) is 124 Å². The van der Waals surface area contributed by atoms with Crippen molar-refractivity contribution in [1.29, 1.82) is 0 Å². The highest BCUT2D eigenvalue weighted by Crippen LogP contribution is 2.51. The molecule has 0 fully saturated rings. The van der Waals surface area contributed by atoms with Crippen LogP contribution < -0.4 is 15.8 Å². The van der Waals surface area contributed by atoms with E-state index in [1.807, 2.05) is 27.7 Å². The third-order valence-corrected chi connectivity index (χ3v) is 12.8. The van der Waals surface area contributed by atoms with Crippen molar-refractivity contribution < 1.29 is 53.9 Å². The van der Waals surface area contributed by atoms with Gasteiger partial charge in [0.05, 0.1) is 0 Å². The van der Waals surface area contributed by atoms with E-state index < -0.39 is 48.9 Å². The zero-order chi connectivity index (χ0) is 50.4. The maximum Gasteiger partial charge on any atom is 0.412 e. The first-order valence-electron chi connectivity index (χ1n) is 19.3. The molecule has 10 nitrogen and oxygen atoms in total. The Morgan fingerprint density at radius 1 is 0.662 bits per heavy atom. The van der Waals surface area contributed by atoms with Crippen LogP contribution in [0.25, 0.3) is 45.2 Å². The van der Waals surface area contributed by atoms with Crippen molar-refractivity contribution in [2.24, 2.45) is 0 Å². The van der Waals surface area contributed by atoms with E-state index >= 15 is 0 Å². The van der Waals surface area contributed by atoms with Crippen LogP contribution in [-0.4, -0.2) is 54.0 Å². The molecular weight excluding hydrogens is 1040 g/mol. The summed E-state index contributed by atoms with van der Waals surface area (Å²) in [7, 11) is 0. The summed E-state index contributed by atoms with van der Waals surface area (Å²) in [4.78, 5) is 34.0. The van der Waals surface area contributed by atoms with Crippen LogP contribution in [0.4, 0.5) is 26.3 Å². The molecular formula is C45H45Cl3F6N2O8P2S2. The van der Waals surface area contributed by atoms with E-state index in [1.54, 1.807) is 80.7 Å². The van der Waals surface area contributed by atoms with Crippen molar-refractivity contribution >= 4 is 70.2 Å². The van der Waals surface area contributed by atoms with Crippen LogP contribution in [0.2, 0.25) is 10.0 Å². The molecule has 6 rings (SSSR count). The van der Waals surface area contributed by atoms with E-state index in [0.29, 0.717) is 38.7 Å². The number of rotatable bonds is 10. The highest BCUT2D eigenvalue weighted by Gasteiger charge is 2.33. The van der Waals surface area contributed by atoms with E-state index in [1.165, 1.54) is 19.5 Å². The van der Waals surface area contributed by atoms with Crippen LogP contribution >= 0.6 is 46.6 Å². The summed E-state index contributed by atoms with van der Waals surface area (Å²) in [6.45, 7) is 6.94.